The lowest BCUT2D eigenvalue weighted by molar-refractivity contribution is 0.0964. The van der Waals surface area contributed by atoms with Gasteiger partial charge in [0.15, 0.2) is 28.3 Å². The number of furan rings is 1. The molecule has 0 spiro atoms. The zero-order valence-electron chi connectivity index (χ0n) is 19.2. The van der Waals surface area contributed by atoms with E-state index in [1.54, 1.807) is 37.3 Å². The highest BCUT2D eigenvalue weighted by molar-refractivity contribution is 7.80. The van der Waals surface area contributed by atoms with E-state index in [9.17, 15) is 27.2 Å². The van der Waals surface area contributed by atoms with Gasteiger partial charge in [0.05, 0.1) is 7.11 Å². The Morgan fingerprint density at radius 3 is 2.19 bits per heavy atom. The van der Waals surface area contributed by atoms with E-state index in [1.165, 1.54) is 6.07 Å². The molecule has 1 heterocycles. The fourth-order valence-corrected chi connectivity index (χ4v) is 3.69. The van der Waals surface area contributed by atoms with Crippen LogP contribution in [0.3, 0.4) is 0 Å². The number of anilines is 2. The number of amides is 2. The van der Waals surface area contributed by atoms with E-state index in [1.807, 2.05) is 17.4 Å². The van der Waals surface area contributed by atoms with Gasteiger partial charge in [-0.05, 0) is 55.0 Å². The second kappa shape index (κ2) is 10.3. The maximum absolute atomic E-state index is 14.2. The number of aryl methyl sites for hydroxylation is 1. The third kappa shape index (κ3) is 5.09. The summed E-state index contributed by atoms with van der Waals surface area (Å²) in [6, 6.07) is 13.4. The number of thiocarbonyl (C=S) groups is 1. The van der Waals surface area contributed by atoms with Crippen molar-refractivity contribution in [1.82, 2.24) is 5.32 Å². The number of hydrogen-bond donors (Lipinski definition) is 3. The number of rotatable bonds is 5. The molecule has 0 bridgehead atoms. The summed E-state index contributed by atoms with van der Waals surface area (Å²) in [4.78, 5) is 24.9. The fraction of sp³-hybridized carbons (Fsp3) is 0.0800. The molecule has 37 heavy (non-hydrogen) atoms. The van der Waals surface area contributed by atoms with Crippen LogP contribution in [0, 0.1) is 30.2 Å². The summed E-state index contributed by atoms with van der Waals surface area (Å²) in [6.07, 6.45) is 0. The monoisotopic (exact) mass is 531 g/mol. The van der Waals surface area contributed by atoms with Crippen molar-refractivity contribution in [1.29, 1.82) is 0 Å². The Kier molecular flexibility index (Phi) is 7.11. The minimum Gasteiger partial charge on any atom is -0.491 e. The number of ether oxygens (including phenoxy) is 1. The molecular weight excluding hydrogens is 514 g/mol. The fourth-order valence-electron chi connectivity index (χ4n) is 3.48. The van der Waals surface area contributed by atoms with Crippen LogP contribution in [0.4, 0.5) is 28.9 Å². The Balaban J connectivity index is 1.44. The van der Waals surface area contributed by atoms with Crippen molar-refractivity contribution in [3.8, 4) is 5.75 Å². The molecule has 12 heteroatoms. The Morgan fingerprint density at radius 1 is 0.892 bits per heavy atom. The number of fused-ring (bicyclic) bond motifs is 1. The van der Waals surface area contributed by atoms with Crippen LogP contribution in [0.5, 0.6) is 5.75 Å². The largest absolute Gasteiger partial charge is 0.491 e. The summed E-state index contributed by atoms with van der Waals surface area (Å²) in [7, 11) is 0.816. The van der Waals surface area contributed by atoms with E-state index in [0.717, 1.165) is 12.5 Å². The van der Waals surface area contributed by atoms with Gasteiger partial charge in [0, 0.05) is 16.8 Å². The topological polar surface area (TPSA) is 92.6 Å². The third-order valence-corrected chi connectivity index (χ3v) is 5.47. The Hall–Kier alpha value is -4.45. The average Bonchev–Trinajstić information content (AvgIpc) is 3.29. The van der Waals surface area contributed by atoms with Gasteiger partial charge in [-0.1, -0.05) is 18.2 Å². The van der Waals surface area contributed by atoms with Crippen molar-refractivity contribution in [2.75, 3.05) is 17.7 Å². The molecule has 4 aromatic rings. The summed E-state index contributed by atoms with van der Waals surface area (Å²) < 4.78 is 66.0. The number of hydrogen-bond acceptors (Lipinski definition) is 5. The minimum absolute atomic E-state index is 0.123. The van der Waals surface area contributed by atoms with Crippen LogP contribution in [0.15, 0.2) is 52.9 Å². The minimum atomic E-state index is -1.93. The summed E-state index contributed by atoms with van der Waals surface area (Å²) in [6.45, 7) is 1.69. The molecule has 2 amide bonds. The van der Waals surface area contributed by atoms with Crippen molar-refractivity contribution in [2.24, 2.45) is 0 Å². The first-order chi connectivity index (χ1) is 17.6. The number of para-hydroxylation sites is 1. The first-order valence-electron chi connectivity index (χ1n) is 10.5. The van der Waals surface area contributed by atoms with E-state index < -0.39 is 51.5 Å². The molecule has 0 atom stereocenters. The highest BCUT2D eigenvalue weighted by atomic mass is 32.1. The molecule has 190 valence electrons. The predicted molar refractivity (Wildman–Crippen MR) is 132 cm³/mol. The molecule has 0 aliphatic rings. The van der Waals surface area contributed by atoms with Crippen molar-refractivity contribution in [2.45, 2.75) is 6.92 Å². The normalized spacial score (nSPS) is 10.8. The van der Waals surface area contributed by atoms with Gasteiger partial charge in [0.25, 0.3) is 11.8 Å². The van der Waals surface area contributed by atoms with Gasteiger partial charge in [-0.3, -0.25) is 14.9 Å². The molecule has 0 aliphatic heterocycles. The second-order valence-electron chi connectivity index (χ2n) is 7.70. The molecule has 0 radical (unpaired) electrons. The number of carbonyl (C=O) groups excluding carboxylic acids is 2. The average molecular weight is 531 g/mol. The Bertz CT molecular complexity index is 1510. The molecule has 0 fully saturated rings. The van der Waals surface area contributed by atoms with Crippen molar-refractivity contribution in [3.63, 3.8) is 0 Å². The van der Waals surface area contributed by atoms with Crippen LogP contribution in [0.25, 0.3) is 11.0 Å². The summed E-state index contributed by atoms with van der Waals surface area (Å²) in [5.41, 5.74) is 0.468. The van der Waals surface area contributed by atoms with E-state index in [2.05, 4.69) is 15.4 Å². The maximum Gasteiger partial charge on any atom is 0.291 e. The quantitative estimate of drug-likeness (QED) is 0.174. The van der Waals surface area contributed by atoms with E-state index in [4.69, 9.17) is 16.6 Å². The molecule has 0 aliphatic carbocycles. The first-order valence-corrected chi connectivity index (χ1v) is 10.9. The van der Waals surface area contributed by atoms with Gasteiger partial charge < -0.3 is 19.8 Å². The Labute approximate surface area is 212 Å². The molecule has 0 unspecified atom stereocenters. The van der Waals surface area contributed by atoms with Crippen molar-refractivity contribution in [3.05, 3.63) is 88.7 Å². The number of carbonyl (C=O) groups is 2. The van der Waals surface area contributed by atoms with Crippen LogP contribution in [0.2, 0.25) is 0 Å². The zero-order valence-corrected chi connectivity index (χ0v) is 20.0. The van der Waals surface area contributed by atoms with E-state index >= 15 is 0 Å². The summed E-state index contributed by atoms with van der Waals surface area (Å²) in [5.74, 6) is -10.7. The van der Waals surface area contributed by atoms with Crippen molar-refractivity contribution >= 4 is 51.5 Å². The molecule has 0 saturated heterocycles. The standard InChI is InChI=1S/C25H17F4N3O4S/c1-11-9-13(7-8-14(11)31-23(33)16-10-12-5-3-4-6-15(12)36-16)30-25(37)32-24(34)17-18(26)20(28)22(35-2)21(29)19(17)27/h3-10H,1-2H3,(H,31,33)(H2,30,32,34,37). The van der Waals surface area contributed by atoms with E-state index in [0.29, 0.717) is 22.5 Å². The summed E-state index contributed by atoms with van der Waals surface area (Å²) >= 11 is 4.97. The zero-order chi connectivity index (χ0) is 26.9. The lowest BCUT2D eigenvalue weighted by atomic mass is 10.1. The predicted octanol–water partition coefficient (Wildman–Crippen LogP) is 5.69. The SMILES string of the molecule is COc1c(F)c(F)c(C(=O)NC(=S)Nc2ccc(NC(=O)c3cc4ccccc4o3)c(C)c2)c(F)c1F. The highest BCUT2D eigenvalue weighted by Crippen LogP contribution is 2.30. The number of halogens is 4. The molecule has 3 N–H and O–H groups in total. The Morgan fingerprint density at radius 2 is 1.57 bits per heavy atom. The van der Waals surface area contributed by atoms with Crippen LogP contribution in [-0.2, 0) is 0 Å². The smallest absolute Gasteiger partial charge is 0.291 e. The molecule has 4 rings (SSSR count). The second-order valence-corrected chi connectivity index (χ2v) is 8.11. The van der Waals surface area contributed by atoms with Gasteiger partial charge in [0.1, 0.15) is 11.1 Å². The molecule has 0 saturated carbocycles. The lowest BCUT2D eigenvalue weighted by Gasteiger charge is -2.14. The molecular formula is C25H17F4N3O4S. The van der Waals surface area contributed by atoms with Crippen LogP contribution < -0.4 is 20.7 Å². The molecule has 7 nitrogen and oxygen atoms in total. The van der Waals surface area contributed by atoms with Gasteiger partial charge in [-0.2, -0.15) is 8.78 Å². The number of methoxy groups -OCH3 is 1. The lowest BCUT2D eigenvalue weighted by Crippen LogP contribution is -2.35. The number of benzene rings is 3. The first kappa shape index (κ1) is 25.6. The number of nitrogens with one attached hydrogen (secondary N) is 3. The molecule has 3 aromatic carbocycles. The van der Waals surface area contributed by atoms with Gasteiger partial charge in [-0.15, -0.1) is 0 Å². The van der Waals surface area contributed by atoms with Crippen molar-refractivity contribution < 1.29 is 36.3 Å². The van der Waals surface area contributed by atoms with Crippen LogP contribution in [0.1, 0.15) is 26.5 Å². The molecule has 1 aromatic heterocycles. The third-order valence-electron chi connectivity index (χ3n) is 5.26. The highest BCUT2D eigenvalue weighted by Gasteiger charge is 2.30. The van der Waals surface area contributed by atoms with Gasteiger partial charge >= 0.3 is 0 Å². The van der Waals surface area contributed by atoms with Crippen LogP contribution in [-0.4, -0.2) is 24.0 Å². The van der Waals surface area contributed by atoms with Gasteiger partial charge in [0.2, 0.25) is 11.6 Å². The van der Waals surface area contributed by atoms with E-state index in [-0.39, 0.29) is 5.76 Å². The van der Waals surface area contributed by atoms with Crippen LogP contribution >= 0.6 is 12.2 Å². The summed E-state index contributed by atoms with van der Waals surface area (Å²) in [5, 5.41) is 7.68. The van der Waals surface area contributed by atoms with Gasteiger partial charge in [-0.25, -0.2) is 8.78 Å². The maximum atomic E-state index is 14.2.